The number of hydrogen-bond donors (Lipinski definition) is 0. The Kier molecular flexibility index (Phi) is 4.62. The average Bonchev–Trinajstić information content (AvgIpc) is 3.43. The van der Waals surface area contributed by atoms with Crippen molar-refractivity contribution in [3.8, 4) is 11.3 Å². The van der Waals surface area contributed by atoms with Crippen LogP contribution in [-0.4, -0.2) is 21.8 Å². The molecule has 0 spiro atoms. The predicted molar refractivity (Wildman–Crippen MR) is 118 cm³/mol. The van der Waals surface area contributed by atoms with E-state index in [0.717, 1.165) is 40.6 Å². The number of carbonyl (C=O) groups is 1. The van der Waals surface area contributed by atoms with Crippen molar-refractivity contribution in [2.75, 3.05) is 0 Å². The number of aryl methyl sites for hydroxylation is 2. The maximum Gasteiger partial charge on any atom is 0.290 e. The minimum atomic E-state index is -0.0540. The number of nitrogens with zero attached hydrogens (tertiary/aromatic N) is 2. The second-order valence-electron chi connectivity index (χ2n) is 8.20. The van der Waals surface area contributed by atoms with Gasteiger partial charge in [0.2, 0.25) is 0 Å². The van der Waals surface area contributed by atoms with Gasteiger partial charge in [0.15, 0.2) is 5.76 Å². The molecule has 0 bridgehead atoms. The number of aromatic nitrogens is 1. The van der Waals surface area contributed by atoms with E-state index in [1.54, 1.807) is 18.4 Å². The minimum Gasteiger partial charge on any atom is -0.459 e. The van der Waals surface area contributed by atoms with E-state index in [4.69, 9.17) is 9.40 Å². The molecule has 4 aromatic rings. The molecule has 0 saturated heterocycles. The van der Waals surface area contributed by atoms with Crippen molar-refractivity contribution in [1.29, 1.82) is 0 Å². The summed E-state index contributed by atoms with van der Waals surface area (Å²) >= 11 is 0. The summed E-state index contributed by atoms with van der Waals surface area (Å²) in [6, 6.07) is 20.7. The van der Waals surface area contributed by atoms with Gasteiger partial charge in [0.05, 0.1) is 17.5 Å². The van der Waals surface area contributed by atoms with Crippen LogP contribution in [0.5, 0.6) is 0 Å². The van der Waals surface area contributed by atoms with Gasteiger partial charge in [-0.15, -0.1) is 0 Å². The van der Waals surface area contributed by atoms with E-state index in [1.165, 1.54) is 11.1 Å². The normalized spacial score (nSPS) is 13.5. The molecule has 0 N–H and O–H groups in total. The Morgan fingerprint density at radius 2 is 1.87 bits per heavy atom. The molecule has 0 aliphatic heterocycles. The number of amides is 1. The Labute approximate surface area is 176 Å². The van der Waals surface area contributed by atoms with Crippen LogP contribution >= 0.6 is 0 Å². The van der Waals surface area contributed by atoms with E-state index >= 15 is 0 Å². The molecular formula is C26H24N2O2. The van der Waals surface area contributed by atoms with Crippen LogP contribution in [0.1, 0.15) is 40.1 Å². The molecule has 1 aliphatic carbocycles. The SMILES string of the molecule is Cc1cccc(-c2nc3cc(C)ccc3cc2CN(C(=O)c2ccco2)C2CC2)c1. The third-order valence-corrected chi connectivity index (χ3v) is 5.66. The molecule has 1 fully saturated rings. The molecule has 0 radical (unpaired) electrons. The molecule has 2 aromatic carbocycles. The van der Waals surface area contributed by atoms with E-state index in [9.17, 15) is 4.79 Å². The average molecular weight is 396 g/mol. The third kappa shape index (κ3) is 3.61. The fourth-order valence-corrected chi connectivity index (χ4v) is 3.96. The lowest BCUT2D eigenvalue weighted by Crippen LogP contribution is -2.32. The van der Waals surface area contributed by atoms with Crippen molar-refractivity contribution in [2.24, 2.45) is 0 Å². The lowest BCUT2D eigenvalue weighted by molar-refractivity contribution is 0.0697. The van der Waals surface area contributed by atoms with Crippen molar-refractivity contribution in [3.05, 3.63) is 89.4 Å². The van der Waals surface area contributed by atoms with E-state index < -0.39 is 0 Å². The zero-order valence-electron chi connectivity index (χ0n) is 17.3. The highest BCUT2D eigenvalue weighted by Gasteiger charge is 2.34. The zero-order chi connectivity index (χ0) is 20.7. The summed E-state index contributed by atoms with van der Waals surface area (Å²) in [7, 11) is 0. The maximum atomic E-state index is 13.1. The largest absolute Gasteiger partial charge is 0.459 e. The second kappa shape index (κ2) is 7.45. The molecule has 2 aromatic heterocycles. The molecular weight excluding hydrogens is 372 g/mol. The van der Waals surface area contributed by atoms with Gasteiger partial charge in [-0.2, -0.15) is 0 Å². The van der Waals surface area contributed by atoms with Gasteiger partial charge < -0.3 is 9.32 Å². The van der Waals surface area contributed by atoms with Gasteiger partial charge in [-0.1, -0.05) is 35.9 Å². The molecule has 1 aliphatic rings. The number of rotatable bonds is 5. The zero-order valence-corrected chi connectivity index (χ0v) is 17.3. The molecule has 5 rings (SSSR count). The molecule has 30 heavy (non-hydrogen) atoms. The van der Waals surface area contributed by atoms with Gasteiger partial charge in [0.1, 0.15) is 0 Å². The highest BCUT2D eigenvalue weighted by atomic mass is 16.3. The van der Waals surface area contributed by atoms with Gasteiger partial charge in [-0.25, -0.2) is 4.98 Å². The highest BCUT2D eigenvalue weighted by molar-refractivity contribution is 5.92. The van der Waals surface area contributed by atoms with Crippen LogP contribution in [-0.2, 0) is 6.54 Å². The Bertz CT molecular complexity index is 1220. The first-order valence-electron chi connectivity index (χ1n) is 10.4. The van der Waals surface area contributed by atoms with Crippen LogP contribution < -0.4 is 0 Å². The number of hydrogen-bond acceptors (Lipinski definition) is 3. The Morgan fingerprint density at radius 3 is 2.60 bits per heavy atom. The lowest BCUT2D eigenvalue weighted by Gasteiger charge is -2.23. The van der Waals surface area contributed by atoms with Crippen LogP contribution in [0.4, 0.5) is 0 Å². The topological polar surface area (TPSA) is 46.3 Å². The van der Waals surface area contributed by atoms with Crippen molar-refractivity contribution in [1.82, 2.24) is 9.88 Å². The molecule has 150 valence electrons. The highest BCUT2D eigenvalue weighted by Crippen LogP contribution is 2.33. The quantitative estimate of drug-likeness (QED) is 0.421. The van der Waals surface area contributed by atoms with Crippen molar-refractivity contribution in [2.45, 2.75) is 39.3 Å². The van der Waals surface area contributed by atoms with E-state index in [-0.39, 0.29) is 11.9 Å². The van der Waals surface area contributed by atoms with Crippen LogP contribution in [0.2, 0.25) is 0 Å². The molecule has 0 atom stereocenters. The first kappa shape index (κ1) is 18.6. The van der Waals surface area contributed by atoms with Gasteiger partial charge in [-0.05, 0) is 68.1 Å². The van der Waals surface area contributed by atoms with Gasteiger partial charge in [-0.3, -0.25) is 4.79 Å². The summed E-state index contributed by atoms with van der Waals surface area (Å²) in [6.07, 6.45) is 3.62. The van der Waals surface area contributed by atoms with Crippen LogP contribution in [0.3, 0.4) is 0 Å². The van der Waals surface area contributed by atoms with E-state index in [2.05, 4.69) is 62.4 Å². The van der Waals surface area contributed by atoms with Gasteiger partial charge >= 0.3 is 0 Å². The summed E-state index contributed by atoms with van der Waals surface area (Å²) in [6.45, 7) is 4.69. The fraction of sp³-hybridized carbons (Fsp3) is 0.231. The predicted octanol–water partition coefficient (Wildman–Crippen LogP) is 5.92. The van der Waals surface area contributed by atoms with Crippen molar-refractivity contribution < 1.29 is 9.21 Å². The lowest BCUT2D eigenvalue weighted by atomic mass is 10.0. The van der Waals surface area contributed by atoms with Crippen LogP contribution in [0, 0.1) is 13.8 Å². The van der Waals surface area contributed by atoms with E-state index in [0.29, 0.717) is 12.3 Å². The van der Waals surface area contributed by atoms with Gasteiger partial charge in [0, 0.05) is 23.5 Å². The first-order valence-corrected chi connectivity index (χ1v) is 10.4. The number of carbonyl (C=O) groups excluding carboxylic acids is 1. The molecule has 4 heteroatoms. The second-order valence-corrected chi connectivity index (χ2v) is 8.20. The number of furan rings is 1. The Balaban J connectivity index is 1.62. The number of fused-ring (bicyclic) bond motifs is 1. The van der Waals surface area contributed by atoms with Crippen molar-refractivity contribution >= 4 is 16.8 Å². The Hall–Kier alpha value is -3.40. The summed E-state index contributed by atoms with van der Waals surface area (Å²) < 4.78 is 5.40. The third-order valence-electron chi connectivity index (χ3n) is 5.66. The van der Waals surface area contributed by atoms with Crippen LogP contribution in [0.25, 0.3) is 22.2 Å². The molecule has 0 unspecified atom stereocenters. The summed E-state index contributed by atoms with van der Waals surface area (Å²) in [5.74, 6) is 0.338. The summed E-state index contributed by atoms with van der Waals surface area (Å²) in [5, 5.41) is 1.09. The monoisotopic (exact) mass is 396 g/mol. The number of pyridine rings is 1. The molecule has 4 nitrogen and oxygen atoms in total. The molecule has 1 amide bonds. The Morgan fingerprint density at radius 1 is 1.03 bits per heavy atom. The molecule has 1 saturated carbocycles. The smallest absolute Gasteiger partial charge is 0.290 e. The van der Waals surface area contributed by atoms with Gasteiger partial charge in [0.25, 0.3) is 5.91 Å². The van der Waals surface area contributed by atoms with Crippen molar-refractivity contribution in [3.63, 3.8) is 0 Å². The van der Waals surface area contributed by atoms with E-state index in [1.807, 2.05) is 4.90 Å². The maximum absolute atomic E-state index is 13.1. The minimum absolute atomic E-state index is 0.0540. The molecule has 2 heterocycles. The summed E-state index contributed by atoms with van der Waals surface area (Å²) in [4.78, 5) is 20.1. The fourth-order valence-electron chi connectivity index (χ4n) is 3.96. The summed E-state index contributed by atoms with van der Waals surface area (Å²) in [5.41, 5.74) is 6.43. The first-order chi connectivity index (χ1) is 14.6. The standard InChI is InChI=1S/C26H24N2O2/c1-17-5-3-6-20(13-17)25-21(15-19-9-8-18(2)14-23(19)27-25)16-28(22-10-11-22)26(29)24-7-4-12-30-24/h3-9,12-15,22H,10-11,16H2,1-2H3. The number of benzene rings is 2. The van der Waals surface area contributed by atoms with Crippen LogP contribution in [0.15, 0.2) is 71.3 Å².